The number of carboxylic acid groups (broad SMARTS) is 1. The van der Waals surface area contributed by atoms with Gasteiger partial charge in [0.25, 0.3) is 0 Å². The van der Waals surface area contributed by atoms with E-state index in [1.165, 1.54) is 0 Å². The van der Waals surface area contributed by atoms with E-state index >= 15 is 0 Å². The van der Waals surface area contributed by atoms with Crippen molar-refractivity contribution >= 4 is 11.8 Å². The average molecular weight is 231 g/mol. The summed E-state index contributed by atoms with van der Waals surface area (Å²) < 4.78 is 0. The summed E-state index contributed by atoms with van der Waals surface area (Å²) in [6.07, 6.45) is 5.14. The lowest BCUT2D eigenvalue weighted by Crippen LogP contribution is -2.16. The Labute approximate surface area is 98.7 Å². The largest absolute Gasteiger partial charge is 0.478 e. The third-order valence-corrected chi connectivity index (χ3v) is 2.48. The average Bonchev–Trinajstić information content (AvgIpc) is 2.81. The summed E-state index contributed by atoms with van der Waals surface area (Å²) in [5, 5.41) is 9.32. The van der Waals surface area contributed by atoms with Crippen LogP contribution in [-0.4, -0.2) is 35.1 Å². The van der Waals surface area contributed by atoms with Crippen LogP contribution in [0, 0.1) is 0 Å². The normalized spacial score (nSPS) is 10.2. The Kier molecular flexibility index (Phi) is 2.82. The molecule has 5 nitrogen and oxygen atoms in total. The molecule has 0 unspecified atom stereocenters. The van der Waals surface area contributed by atoms with Gasteiger partial charge in [-0.05, 0) is 12.1 Å². The van der Waals surface area contributed by atoms with Crippen LogP contribution in [0.25, 0.3) is 11.1 Å². The monoisotopic (exact) mass is 231 g/mol. The topological polar surface area (TPSA) is 69.2 Å². The SMILES string of the molecule is CN(C)c1nccc(-c2cc[nH]c2)c1C(=O)O. The minimum absolute atomic E-state index is 0.220. The molecule has 2 aromatic heterocycles. The Morgan fingerprint density at radius 2 is 2.18 bits per heavy atom. The first-order valence-corrected chi connectivity index (χ1v) is 5.14. The van der Waals surface area contributed by atoms with E-state index in [9.17, 15) is 9.90 Å². The number of aromatic carboxylic acids is 1. The lowest BCUT2D eigenvalue weighted by Gasteiger charge is -2.16. The van der Waals surface area contributed by atoms with Gasteiger partial charge in [0.1, 0.15) is 11.4 Å². The predicted molar refractivity (Wildman–Crippen MR) is 65.3 cm³/mol. The second-order valence-electron chi connectivity index (χ2n) is 3.86. The van der Waals surface area contributed by atoms with E-state index in [1.807, 2.05) is 6.07 Å². The van der Waals surface area contributed by atoms with Gasteiger partial charge in [-0.2, -0.15) is 0 Å². The molecule has 0 aromatic carbocycles. The third-order valence-electron chi connectivity index (χ3n) is 2.48. The molecule has 2 aromatic rings. The zero-order valence-corrected chi connectivity index (χ0v) is 9.64. The van der Waals surface area contributed by atoms with Crippen molar-refractivity contribution in [3.8, 4) is 11.1 Å². The minimum atomic E-state index is -0.974. The molecule has 2 N–H and O–H groups in total. The van der Waals surface area contributed by atoms with E-state index in [2.05, 4.69) is 9.97 Å². The molecule has 0 bridgehead atoms. The van der Waals surface area contributed by atoms with Crippen molar-refractivity contribution in [1.29, 1.82) is 0 Å². The number of rotatable bonds is 3. The van der Waals surface area contributed by atoms with Gasteiger partial charge in [0.2, 0.25) is 0 Å². The van der Waals surface area contributed by atoms with Crippen molar-refractivity contribution in [3.05, 3.63) is 36.3 Å². The van der Waals surface area contributed by atoms with Gasteiger partial charge < -0.3 is 15.0 Å². The van der Waals surface area contributed by atoms with Crippen LogP contribution in [0.4, 0.5) is 5.82 Å². The number of hydrogen-bond acceptors (Lipinski definition) is 3. The first kappa shape index (κ1) is 11.2. The highest BCUT2D eigenvalue weighted by atomic mass is 16.4. The van der Waals surface area contributed by atoms with E-state index in [0.717, 1.165) is 5.56 Å². The number of H-pyrrole nitrogens is 1. The molecule has 2 rings (SSSR count). The molecule has 17 heavy (non-hydrogen) atoms. The van der Waals surface area contributed by atoms with Gasteiger partial charge in [-0.3, -0.25) is 0 Å². The molecular formula is C12H13N3O2. The number of carbonyl (C=O) groups is 1. The molecule has 0 radical (unpaired) electrons. The Balaban J connectivity index is 2.68. The first-order valence-electron chi connectivity index (χ1n) is 5.14. The van der Waals surface area contributed by atoms with Crippen LogP contribution in [0.5, 0.6) is 0 Å². The van der Waals surface area contributed by atoms with Crippen molar-refractivity contribution in [2.75, 3.05) is 19.0 Å². The Morgan fingerprint density at radius 1 is 1.41 bits per heavy atom. The van der Waals surface area contributed by atoms with Crippen LogP contribution in [0.1, 0.15) is 10.4 Å². The predicted octanol–water partition coefficient (Wildman–Crippen LogP) is 1.84. The maximum absolute atomic E-state index is 11.4. The molecule has 0 aliphatic carbocycles. The van der Waals surface area contributed by atoms with Crippen LogP contribution in [-0.2, 0) is 0 Å². The Hall–Kier alpha value is -2.30. The maximum atomic E-state index is 11.4. The molecule has 88 valence electrons. The molecule has 0 fully saturated rings. The number of anilines is 1. The maximum Gasteiger partial charge on any atom is 0.340 e. The molecule has 0 amide bonds. The van der Waals surface area contributed by atoms with Crippen LogP contribution >= 0.6 is 0 Å². The molecular weight excluding hydrogens is 218 g/mol. The van der Waals surface area contributed by atoms with Gasteiger partial charge in [-0.1, -0.05) is 0 Å². The number of aromatic amines is 1. The lowest BCUT2D eigenvalue weighted by molar-refractivity contribution is 0.0698. The number of carboxylic acids is 1. The van der Waals surface area contributed by atoms with E-state index in [4.69, 9.17) is 0 Å². The molecule has 0 saturated heterocycles. The molecule has 0 spiro atoms. The van der Waals surface area contributed by atoms with Gasteiger partial charge in [-0.25, -0.2) is 9.78 Å². The lowest BCUT2D eigenvalue weighted by atomic mass is 10.0. The highest BCUT2D eigenvalue weighted by molar-refractivity contribution is 6.00. The second kappa shape index (κ2) is 4.29. The van der Waals surface area contributed by atoms with E-state index in [1.54, 1.807) is 43.7 Å². The summed E-state index contributed by atoms with van der Waals surface area (Å²) in [5.74, 6) is -0.519. The van der Waals surface area contributed by atoms with Crippen molar-refractivity contribution in [3.63, 3.8) is 0 Å². The third kappa shape index (κ3) is 1.99. The molecule has 2 heterocycles. The molecule has 0 saturated carbocycles. The summed E-state index contributed by atoms with van der Waals surface area (Å²) in [5.41, 5.74) is 1.72. The number of nitrogens with zero attached hydrogens (tertiary/aromatic N) is 2. The zero-order chi connectivity index (χ0) is 12.4. The van der Waals surface area contributed by atoms with Gasteiger partial charge in [0, 0.05) is 43.8 Å². The number of aromatic nitrogens is 2. The molecule has 0 atom stereocenters. The van der Waals surface area contributed by atoms with Crippen molar-refractivity contribution < 1.29 is 9.90 Å². The van der Waals surface area contributed by atoms with E-state index in [-0.39, 0.29) is 5.56 Å². The molecule has 0 aliphatic heterocycles. The number of hydrogen-bond donors (Lipinski definition) is 2. The number of pyridine rings is 1. The van der Waals surface area contributed by atoms with Crippen molar-refractivity contribution in [2.24, 2.45) is 0 Å². The fourth-order valence-corrected chi connectivity index (χ4v) is 1.73. The van der Waals surface area contributed by atoms with Gasteiger partial charge in [0.05, 0.1) is 0 Å². The summed E-state index contributed by atoms with van der Waals surface area (Å²) in [6.45, 7) is 0. The van der Waals surface area contributed by atoms with Gasteiger partial charge in [-0.15, -0.1) is 0 Å². The van der Waals surface area contributed by atoms with E-state index in [0.29, 0.717) is 11.4 Å². The summed E-state index contributed by atoms with van der Waals surface area (Å²) in [7, 11) is 3.55. The summed E-state index contributed by atoms with van der Waals surface area (Å²) in [4.78, 5) is 20.1. The fourth-order valence-electron chi connectivity index (χ4n) is 1.73. The van der Waals surface area contributed by atoms with Crippen LogP contribution < -0.4 is 4.90 Å². The first-order chi connectivity index (χ1) is 8.11. The fraction of sp³-hybridized carbons (Fsp3) is 0.167. The van der Waals surface area contributed by atoms with Crippen molar-refractivity contribution in [1.82, 2.24) is 9.97 Å². The van der Waals surface area contributed by atoms with Crippen LogP contribution in [0.3, 0.4) is 0 Å². The Morgan fingerprint density at radius 3 is 2.71 bits per heavy atom. The standard InChI is InChI=1S/C12H13N3O2/c1-15(2)11-10(12(16)17)9(4-6-14-11)8-3-5-13-7-8/h3-7,13H,1-2H3,(H,16,17). The minimum Gasteiger partial charge on any atom is -0.478 e. The van der Waals surface area contributed by atoms with Crippen LogP contribution in [0.2, 0.25) is 0 Å². The van der Waals surface area contributed by atoms with Gasteiger partial charge in [0.15, 0.2) is 0 Å². The highest BCUT2D eigenvalue weighted by Crippen LogP contribution is 2.28. The molecule has 0 aliphatic rings. The highest BCUT2D eigenvalue weighted by Gasteiger charge is 2.19. The Bertz CT molecular complexity index is 533. The van der Waals surface area contributed by atoms with E-state index < -0.39 is 5.97 Å². The zero-order valence-electron chi connectivity index (χ0n) is 9.64. The smallest absolute Gasteiger partial charge is 0.340 e. The summed E-state index contributed by atoms with van der Waals surface area (Å²) >= 11 is 0. The molecule has 5 heteroatoms. The van der Waals surface area contributed by atoms with Gasteiger partial charge >= 0.3 is 5.97 Å². The quantitative estimate of drug-likeness (QED) is 0.845. The van der Waals surface area contributed by atoms with Crippen molar-refractivity contribution in [2.45, 2.75) is 0 Å². The second-order valence-corrected chi connectivity index (χ2v) is 3.86. The van der Waals surface area contributed by atoms with Crippen LogP contribution in [0.15, 0.2) is 30.7 Å². The summed E-state index contributed by atoms with van der Waals surface area (Å²) in [6, 6.07) is 3.54. The number of nitrogens with one attached hydrogen (secondary N) is 1.